The van der Waals surface area contributed by atoms with Crippen molar-refractivity contribution in [3.63, 3.8) is 0 Å². The molecule has 0 amide bonds. The molecule has 0 aliphatic carbocycles. The summed E-state index contributed by atoms with van der Waals surface area (Å²) in [6, 6.07) is 4.40. The molecule has 1 aromatic rings. The summed E-state index contributed by atoms with van der Waals surface area (Å²) in [6.45, 7) is 8.15. The predicted octanol–water partition coefficient (Wildman–Crippen LogP) is 3.20. The third-order valence-corrected chi connectivity index (χ3v) is 2.65. The number of aryl methyl sites for hydroxylation is 2. The Balaban J connectivity index is 2.77. The van der Waals surface area contributed by atoms with E-state index in [4.69, 9.17) is 4.74 Å². The molecule has 0 unspecified atom stereocenters. The van der Waals surface area contributed by atoms with Gasteiger partial charge in [-0.25, -0.2) is 0 Å². The maximum Gasteiger partial charge on any atom is 0.125 e. The normalized spacial score (nSPS) is 10.5. The second kappa shape index (κ2) is 6.54. The largest absolute Gasteiger partial charge is 0.493 e. The van der Waals surface area contributed by atoms with Crippen molar-refractivity contribution in [3.8, 4) is 5.75 Å². The molecule has 0 heterocycles. The molecular formula is C14H23NO. The van der Waals surface area contributed by atoms with Gasteiger partial charge in [-0.15, -0.1) is 0 Å². The minimum Gasteiger partial charge on any atom is -0.493 e. The lowest BCUT2D eigenvalue weighted by atomic mass is 10.1. The molecule has 1 rings (SSSR count). The van der Waals surface area contributed by atoms with E-state index in [1.54, 1.807) is 0 Å². The van der Waals surface area contributed by atoms with E-state index < -0.39 is 0 Å². The van der Waals surface area contributed by atoms with Crippen LogP contribution in [0.3, 0.4) is 0 Å². The van der Waals surface area contributed by atoms with E-state index in [-0.39, 0.29) is 0 Å². The van der Waals surface area contributed by atoms with Crippen LogP contribution >= 0.6 is 0 Å². The van der Waals surface area contributed by atoms with Gasteiger partial charge in [0.05, 0.1) is 6.61 Å². The Labute approximate surface area is 99.0 Å². The molecule has 0 aliphatic rings. The summed E-state index contributed by atoms with van der Waals surface area (Å²) in [4.78, 5) is 0. The van der Waals surface area contributed by atoms with Gasteiger partial charge in [0, 0.05) is 6.54 Å². The predicted molar refractivity (Wildman–Crippen MR) is 69.1 cm³/mol. The van der Waals surface area contributed by atoms with Gasteiger partial charge in [0.1, 0.15) is 5.75 Å². The van der Waals surface area contributed by atoms with Gasteiger partial charge in [0.25, 0.3) is 0 Å². The van der Waals surface area contributed by atoms with Crippen LogP contribution in [-0.2, 0) is 6.54 Å². The maximum absolute atomic E-state index is 5.82. The molecule has 0 aromatic heterocycles. The molecule has 0 spiro atoms. The second-order valence-corrected chi connectivity index (χ2v) is 4.29. The van der Waals surface area contributed by atoms with Gasteiger partial charge in [0.2, 0.25) is 0 Å². The molecule has 1 aromatic carbocycles. The standard InChI is InChI=1S/C14H23NO/c1-5-6-7-16-14-11(2)8-13(10-15-4)9-12(14)3/h8-9,15H,5-7,10H2,1-4H3. The minimum atomic E-state index is 0.823. The Morgan fingerprint density at radius 2 is 1.81 bits per heavy atom. The summed E-state index contributed by atoms with van der Waals surface area (Å²) in [5.74, 6) is 1.06. The molecule has 0 fully saturated rings. The van der Waals surface area contributed by atoms with Gasteiger partial charge in [-0.05, 0) is 44.0 Å². The van der Waals surface area contributed by atoms with Crippen LogP contribution in [-0.4, -0.2) is 13.7 Å². The fraction of sp³-hybridized carbons (Fsp3) is 0.571. The van der Waals surface area contributed by atoms with Crippen LogP contribution in [0.5, 0.6) is 5.75 Å². The lowest BCUT2D eigenvalue weighted by Gasteiger charge is -2.13. The van der Waals surface area contributed by atoms with Crippen molar-refractivity contribution in [1.29, 1.82) is 0 Å². The molecule has 0 atom stereocenters. The Kier molecular flexibility index (Phi) is 5.33. The van der Waals surface area contributed by atoms with Crippen LogP contribution < -0.4 is 10.1 Å². The Morgan fingerprint density at radius 1 is 1.19 bits per heavy atom. The summed E-state index contributed by atoms with van der Waals surface area (Å²) >= 11 is 0. The summed E-state index contributed by atoms with van der Waals surface area (Å²) in [5, 5.41) is 3.17. The Bertz CT molecular complexity index is 311. The fourth-order valence-electron chi connectivity index (χ4n) is 1.89. The van der Waals surface area contributed by atoms with Crippen molar-refractivity contribution >= 4 is 0 Å². The lowest BCUT2D eigenvalue weighted by molar-refractivity contribution is 0.305. The lowest BCUT2D eigenvalue weighted by Crippen LogP contribution is -2.07. The van der Waals surface area contributed by atoms with Gasteiger partial charge in [-0.3, -0.25) is 0 Å². The molecule has 0 saturated heterocycles. The Hall–Kier alpha value is -1.02. The highest BCUT2D eigenvalue weighted by Gasteiger charge is 2.05. The van der Waals surface area contributed by atoms with E-state index in [1.807, 2.05) is 7.05 Å². The van der Waals surface area contributed by atoms with E-state index in [9.17, 15) is 0 Å². The van der Waals surface area contributed by atoms with Crippen molar-refractivity contribution in [1.82, 2.24) is 5.32 Å². The van der Waals surface area contributed by atoms with E-state index in [0.29, 0.717) is 0 Å². The Morgan fingerprint density at radius 3 is 2.31 bits per heavy atom. The highest BCUT2D eigenvalue weighted by Crippen LogP contribution is 2.25. The number of rotatable bonds is 6. The molecule has 0 bridgehead atoms. The molecule has 0 saturated carbocycles. The molecule has 0 aliphatic heterocycles. The number of hydrogen-bond donors (Lipinski definition) is 1. The average molecular weight is 221 g/mol. The molecule has 2 nitrogen and oxygen atoms in total. The van der Waals surface area contributed by atoms with Crippen LogP contribution in [0.1, 0.15) is 36.5 Å². The third kappa shape index (κ3) is 3.53. The summed E-state index contributed by atoms with van der Waals surface area (Å²) in [7, 11) is 1.97. The molecule has 2 heteroatoms. The zero-order chi connectivity index (χ0) is 12.0. The van der Waals surface area contributed by atoms with Crippen molar-refractivity contribution in [2.75, 3.05) is 13.7 Å². The first-order valence-corrected chi connectivity index (χ1v) is 6.06. The molecule has 90 valence electrons. The summed E-state index contributed by atoms with van der Waals surface area (Å²) in [6.07, 6.45) is 2.30. The van der Waals surface area contributed by atoms with Crippen LogP contribution in [0.15, 0.2) is 12.1 Å². The van der Waals surface area contributed by atoms with Gasteiger partial charge in [0.15, 0.2) is 0 Å². The van der Waals surface area contributed by atoms with Crippen molar-refractivity contribution in [2.45, 2.75) is 40.2 Å². The number of nitrogens with one attached hydrogen (secondary N) is 1. The summed E-state index contributed by atoms with van der Waals surface area (Å²) in [5.41, 5.74) is 3.79. The smallest absolute Gasteiger partial charge is 0.125 e. The van der Waals surface area contributed by atoms with Gasteiger partial charge < -0.3 is 10.1 Å². The number of hydrogen-bond acceptors (Lipinski definition) is 2. The van der Waals surface area contributed by atoms with E-state index >= 15 is 0 Å². The molecule has 16 heavy (non-hydrogen) atoms. The van der Waals surface area contributed by atoms with Crippen LogP contribution in [0.25, 0.3) is 0 Å². The first kappa shape index (κ1) is 13.0. The first-order valence-electron chi connectivity index (χ1n) is 6.06. The van der Waals surface area contributed by atoms with Crippen LogP contribution in [0, 0.1) is 13.8 Å². The second-order valence-electron chi connectivity index (χ2n) is 4.29. The molecular weight excluding hydrogens is 198 g/mol. The van der Waals surface area contributed by atoms with Gasteiger partial charge in [-0.1, -0.05) is 25.5 Å². The van der Waals surface area contributed by atoms with Gasteiger partial charge >= 0.3 is 0 Å². The van der Waals surface area contributed by atoms with Crippen LogP contribution in [0.2, 0.25) is 0 Å². The van der Waals surface area contributed by atoms with E-state index in [2.05, 4.69) is 38.2 Å². The number of benzene rings is 1. The third-order valence-electron chi connectivity index (χ3n) is 2.65. The highest BCUT2D eigenvalue weighted by molar-refractivity contribution is 5.43. The number of ether oxygens (including phenoxy) is 1. The quantitative estimate of drug-likeness (QED) is 0.745. The average Bonchev–Trinajstić information content (AvgIpc) is 2.23. The molecule has 1 N–H and O–H groups in total. The number of unbranched alkanes of at least 4 members (excludes halogenated alkanes) is 1. The topological polar surface area (TPSA) is 21.3 Å². The monoisotopic (exact) mass is 221 g/mol. The van der Waals surface area contributed by atoms with Crippen molar-refractivity contribution in [3.05, 3.63) is 28.8 Å². The van der Waals surface area contributed by atoms with E-state index in [0.717, 1.165) is 25.3 Å². The van der Waals surface area contributed by atoms with Crippen LogP contribution in [0.4, 0.5) is 0 Å². The van der Waals surface area contributed by atoms with Crippen molar-refractivity contribution < 1.29 is 4.74 Å². The SMILES string of the molecule is CCCCOc1c(C)cc(CNC)cc1C. The van der Waals surface area contributed by atoms with Gasteiger partial charge in [-0.2, -0.15) is 0 Å². The zero-order valence-electron chi connectivity index (χ0n) is 10.9. The first-order chi connectivity index (χ1) is 7.69. The minimum absolute atomic E-state index is 0.823. The fourth-order valence-corrected chi connectivity index (χ4v) is 1.89. The van der Waals surface area contributed by atoms with Crippen molar-refractivity contribution in [2.24, 2.45) is 0 Å². The summed E-state index contributed by atoms with van der Waals surface area (Å²) < 4.78 is 5.82. The van der Waals surface area contributed by atoms with E-state index in [1.165, 1.54) is 23.1 Å². The highest BCUT2D eigenvalue weighted by atomic mass is 16.5. The molecule has 0 radical (unpaired) electrons. The zero-order valence-corrected chi connectivity index (χ0v) is 10.9. The maximum atomic E-state index is 5.82.